The highest BCUT2D eigenvalue weighted by atomic mass is 16.5. The van der Waals surface area contributed by atoms with Gasteiger partial charge in [0.1, 0.15) is 12.2 Å². The van der Waals surface area contributed by atoms with Crippen LogP contribution in [0.25, 0.3) is 5.69 Å². The number of carbonyl (C=O) groups is 1. The fourth-order valence-corrected chi connectivity index (χ4v) is 4.10. The zero-order chi connectivity index (χ0) is 26.4. The molecule has 0 bridgehead atoms. The topological polar surface area (TPSA) is 117 Å². The zero-order valence-corrected chi connectivity index (χ0v) is 21.3. The van der Waals surface area contributed by atoms with Crippen molar-refractivity contribution in [2.75, 3.05) is 26.2 Å². The second-order valence-electron chi connectivity index (χ2n) is 8.55. The third-order valence-corrected chi connectivity index (χ3v) is 5.96. The predicted molar refractivity (Wildman–Crippen MR) is 140 cm³/mol. The molecular formula is C27H32N4O5. The summed E-state index contributed by atoms with van der Waals surface area (Å²) >= 11 is 0. The molecule has 1 heterocycles. The number of aromatic amines is 1. The van der Waals surface area contributed by atoms with Crippen molar-refractivity contribution in [1.29, 1.82) is 0 Å². The van der Waals surface area contributed by atoms with E-state index in [-0.39, 0.29) is 5.56 Å². The van der Waals surface area contributed by atoms with Crippen LogP contribution in [0.1, 0.15) is 46.5 Å². The first-order valence-corrected chi connectivity index (χ1v) is 11.9. The summed E-state index contributed by atoms with van der Waals surface area (Å²) in [4.78, 5) is 46.0. The summed E-state index contributed by atoms with van der Waals surface area (Å²) in [5.74, 6) is -0.932. The van der Waals surface area contributed by atoms with Crippen molar-refractivity contribution < 1.29 is 14.6 Å². The molecule has 0 saturated carbocycles. The van der Waals surface area contributed by atoms with E-state index in [0.29, 0.717) is 30.1 Å². The maximum absolute atomic E-state index is 12.6. The van der Waals surface area contributed by atoms with Crippen molar-refractivity contribution >= 4 is 17.9 Å². The van der Waals surface area contributed by atoms with Crippen LogP contribution in [0.15, 0.2) is 51.0 Å². The number of aromatic hydroxyl groups is 1. The summed E-state index contributed by atoms with van der Waals surface area (Å²) < 4.78 is 6.40. The van der Waals surface area contributed by atoms with Crippen LogP contribution in [0, 0.1) is 20.8 Å². The van der Waals surface area contributed by atoms with E-state index >= 15 is 0 Å². The molecule has 3 aromatic rings. The largest absolute Gasteiger partial charge is 0.493 e. The normalized spacial score (nSPS) is 11.4. The molecule has 0 fully saturated rings. The molecule has 0 radical (unpaired) electrons. The van der Waals surface area contributed by atoms with E-state index in [1.54, 1.807) is 24.3 Å². The molecule has 3 rings (SSSR count). The minimum Gasteiger partial charge on any atom is -0.493 e. The lowest BCUT2D eigenvalue weighted by Gasteiger charge is -2.17. The number of hydrogen-bond donors (Lipinski definition) is 2. The lowest BCUT2D eigenvalue weighted by Crippen LogP contribution is -2.32. The highest BCUT2D eigenvalue weighted by Crippen LogP contribution is 2.24. The summed E-state index contributed by atoms with van der Waals surface area (Å²) in [5, 5.41) is 10.9. The first kappa shape index (κ1) is 26.6. The third kappa shape index (κ3) is 5.98. The Bertz CT molecular complexity index is 1360. The van der Waals surface area contributed by atoms with E-state index < -0.39 is 23.1 Å². The second-order valence-corrected chi connectivity index (χ2v) is 8.55. The first-order chi connectivity index (χ1) is 17.2. The fourth-order valence-electron chi connectivity index (χ4n) is 4.10. The lowest BCUT2D eigenvalue weighted by molar-refractivity contribution is 0.0466. The number of rotatable bonds is 9. The average molecular weight is 493 g/mol. The van der Waals surface area contributed by atoms with Crippen molar-refractivity contribution in [3.05, 3.63) is 85.1 Å². The SMILES string of the molecule is CCN(CC)CCOC(=O)c1ccc(N=Cc2c(O)n(-c3c(C)cc(C)cc3C)c(=O)[nH]c2=O)cc1. The standard InChI is InChI=1S/C27H32N4O5/c1-6-30(7-2)12-13-36-26(34)20-8-10-21(11-9-20)28-16-22-24(32)29-27(35)31(25(22)33)23-18(4)14-17(3)15-19(23)5/h8-11,14-16,33H,6-7,12-13H2,1-5H3,(H,29,32,35). The molecule has 0 aliphatic heterocycles. The molecule has 1 aromatic heterocycles. The molecule has 0 aliphatic carbocycles. The molecule has 2 aromatic carbocycles. The van der Waals surface area contributed by atoms with Crippen LogP contribution in [0.2, 0.25) is 0 Å². The molecule has 0 aliphatic rings. The van der Waals surface area contributed by atoms with E-state index in [4.69, 9.17) is 4.74 Å². The van der Waals surface area contributed by atoms with Crippen LogP contribution in [0.4, 0.5) is 5.69 Å². The Labute approximate surface area is 209 Å². The number of ether oxygens (including phenoxy) is 1. The number of H-pyrrole nitrogens is 1. The van der Waals surface area contributed by atoms with Crippen LogP contribution in [-0.4, -0.2) is 58.0 Å². The summed E-state index contributed by atoms with van der Waals surface area (Å²) in [6.45, 7) is 12.5. The summed E-state index contributed by atoms with van der Waals surface area (Å²) in [5.41, 5.74) is 2.25. The number of nitrogens with one attached hydrogen (secondary N) is 1. The van der Waals surface area contributed by atoms with E-state index in [1.165, 1.54) is 6.21 Å². The number of aromatic nitrogens is 2. The summed E-state index contributed by atoms with van der Waals surface area (Å²) in [7, 11) is 0. The molecule has 0 spiro atoms. The highest BCUT2D eigenvalue weighted by Gasteiger charge is 2.17. The monoisotopic (exact) mass is 492 g/mol. The van der Waals surface area contributed by atoms with Gasteiger partial charge in [0.15, 0.2) is 0 Å². The number of aryl methyl sites for hydroxylation is 3. The maximum Gasteiger partial charge on any atom is 0.338 e. The number of nitrogens with zero attached hydrogens (tertiary/aromatic N) is 3. The van der Waals surface area contributed by atoms with Crippen LogP contribution < -0.4 is 11.2 Å². The molecule has 0 atom stereocenters. The predicted octanol–water partition coefficient (Wildman–Crippen LogP) is 3.41. The van der Waals surface area contributed by atoms with Gasteiger partial charge in [0.2, 0.25) is 5.88 Å². The molecule has 9 nitrogen and oxygen atoms in total. The van der Waals surface area contributed by atoms with Crippen LogP contribution in [0.5, 0.6) is 5.88 Å². The maximum atomic E-state index is 12.6. The fraction of sp³-hybridized carbons (Fsp3) is 0.333. The minimum atomic E-state index is -0.756. The van der Waals surface area contributed by atoms with Crippen molar-refractivity contribution in [2.24, 2.45) is 4.99 Å². The highest BCUT2D eigenvalue weighted by molar-refractivity contribution is 5.90. The van der Waals surface area contributed by atoms with Gasteiger partial charge in [-0.3, -0.25) is 14.8 Å². The van der Waals surface area contributed by atoms with Gasteiger partial charge >= 0.3 is 11.7 Å². The molecule has 0 unspecified atom stereocenters. The molecule has 0 saturated heterocycles. The molecule has 9 heteroatoms. The van der Waals surface area contributed by atoms with E-state index in [9.17, 15) is 19.5 Å². The van der Waals surface area contributed by atoms with E-state index in [0.717, 1.165) is 34.3 Å². The quantitative estimate of drug-likeness (QED) is 0.349. The van der Waals surface area contributed by atoms with Crippen molar-refractivity contribution in [3.63, 3.8) is 0 Å². The van der Waals surface area contributed by atoms with E-state index in [1.807, 2.05) is 32.9 Å². The number of hydrogen-bond acceptors (Lipinski definition) is 7. The minimum absolute atomic E-state index is 0.158. The van der Waals surface area contributed by atoms with Gasteiger partial charge in [-0.05, 0) is 69.3 Å². The van der Waals surface area contributed by atoms with Gasteiger partial charge in [-0.1, -0.05) is 31.5 Å². The van der Waals surface area contributed by atoms with Gasteiger partial charge in [-0.15, -0.1) is 0 Å². The van der Waals surface area contributed by atoms with Gasteiger partial charge < -0.3 is 14.7 Å². The molecule has 36 heavy (non-hydrogen) atoms. The smallest absolute Gasteiger partial charge is 0.338 e. The molecule has 0 amide bonds. The Hall–Kier alpha value is -3.98. The van der Waals surface area contributed by atoms with Crippen molar-refractivity contribution in [2.45, 2.75) is 34.6 Å². The number of carbonyl (C=O) groups excluding carboxylic acids is 1. The Balaban J connectivity index is 1.83. The zero-order valence-electron chi connectivity index (χ0n) is 21.3. The lowest BCUT2D eigenvalue weighted by atomic mass is 10.0. The third-order valence-electron chi connectivity index (χ3n) is 5.96. The van der Waals surface area contributed by atoms with Crippen LogP contribution in [0.3, 0.4) is 0 Å². The van der Waals surface area contributed by atoms with Gasteiger partial charge in [0.25, 0.3) is 5.56 Å². The number of benzene rings is 2. The Morgan fingerprint density at radius 2 is 1.69 bits per heavy atom. The average Bonchev–Trinajstić information content (AvgIpc) is 2.83. The number of esters is 1. The summed E-state index contributed by atoms with van der Waals surface area (Å²) in [6.07, 6.45) is 1.19. The van der Waals surface area contributed by atoms with Gasteiger partial charge in [-0.2, -0.15) is 0 Å². The van der Waals surface area contributed by atoms with Gasteiger partial charge in [-0.25, -0.2) is 14.2 Å². The second kappa shape index (κ2) is 11.6. The summed E-state index contributed by atoms with van der Waals surface area (Å²) in [6, 6.07) is 10.2. The van der Waals surface area contributed by atoms with Gasteiger partial charge in [0, 0.05) is 12.8 Å². The Morgan fingerprint density at radius 1 is 1.08 bits per heavy atom. The van der Waals surface area contributed by atoms with Crippen LogP contribution in [-0.2, 0) is 4.74 Å². The number of aliphatic imine (C=N–C) groups is 1. The first-order valence-electron chi connectivity index (χ1n) is 11.9. The van der Waals surface area contributed by atoms with E-state index in [2.05, 4.69) is 28.7 Å². The Morgan fingerprint density at radius 3 is 2.28 bits per heavy atom. The molecule has 190 valence electrons. The van der Waals surface area contributed by atoms with Gasteiger partial charge in [0.05, 0.1) is 16.9 Å². The molecule has 2 N–H and O–H groups in total. The van der Waals surface area contributed by atoms with Crippen molar-refractivity contribution in [3.8, 4) is 11.6 Å². The Kier molecular flexibility index (Phi) is 8.60. The van der Waals surface area contributed by atoms with Crippen LogP contribution >= 0.6 is 0 Å². The number of likely N-dealkylation sites (N-methyl/N-ethyl adjacent to an activating group) is 1. The van der Waals surface area contributed by atoms with Crippen molar-refractivity contribution in [1.82, 2.24) is 14.5 Å². The molecular weight excluding hydrogens is 460 g/mol.